The van der Waals surface area contributed by atoms with Crippen LogP contribution in [0.2, 0.25) is 0 Å². The molecule has 0 saturated heterocycles. The Morgan fingerprint density at radius 1 is 1.50 bits per heavy atom. The summed E-state index contributed by atoms with van der Waals surface area (Å²) in [5, 5.41) is 16.4. The van der Waals surface area contributed by atoms with Crippen LogP contribution in [0.1, 0.15) is 21.9 Å². The van der Waals surface area contributed by atoms with Gasteiger partial charge in [-0.05, 0) is 0 Å². The summed E-state index contributed by atoms with van der Waals surface area (Å²) in [6.07, 6.45) is 4.70. The van der Waals surface area contributed by atoms with Gasteiger partial charge >= 0.3 is 5.97 Å². The summed E-state index contributed by atoms with van der Waals surface area (Å²) < 4.78 is 6.40. The van der Waals surface area contributed by atoms with Gasteiger partial charge in [-0.3, -0.25) is 9.97 Å². The summed E-state index contributed by atoms with van der Waals surface area (Å²) in [6, 6.07) is 0. The molecule has 2 aromatic rings. The zero-order valence-corrected chi connectivity index (χ0v) is 9.65. The average molecular weight is 249 g/mol. The van der Waals surface area contributed by atoms with Gasteiger partial charge in [0.2, 0.25) is 0 Å². The minimum absolute atomic E-state index is 0.110. The van der Waals surface area contributed by atoms with E-state index in [1.807, 2.05) is 0 Å². The Morgan fingerprint density at radius 3 is 2.94 bits per heavy atom. The molecule has 2 aromatic heterocycles. The number of aromatic nitrogens is 5. The maximum Gasteiger partial charge on any atom is 0.358 e. The Balaban J connectivity index is 2.30. The Bertz CT molecular complexity index is 540. The highest BCUT2D eigenvalue weighted by Gasteiger charge is 2.19. The quantitative estimate of drug-likeness (QED) is 0.792. The van der Waals surface area contributed by atoms with Crippen molar-refractivity contribution in [1.29, 1.82) is 0 Å². The van der Waals surface area contributed by atoms with Crippen molar-refractivity contribution in [3.8, 4) is 0 Å². The van der Waals surface area contributed by atoms with E-state index in [9.17, 15) is 4.79 Å². The molecule has 0 spiro atoms. The van der Waals surface area contributed by atoms with Crippen LogP contribution in [0.4, 0.5) is 0 Å². The first-order chi connectivity index (χ1) is 8.72. The van der Waals surface area contributed by atoms with Gasteiger partial charge in [-0.15, -0.1) is 5.10 Å². The molecule has 0 aromatic carbocycles. The molecule has 0 fully saturated rings. The van der Waals surface area contributed by atoms with Gasteiger partial charge in [-0.25, -0.2) is 9.48 Å². The lowest BCUT2D eigenvalue weighted by molar-refractivity contribution is 0.0684. The molecule has 0 bridgehead atoms. The molecule has 18 heavy (non-hydrogen) atoms. The van der Waals surface area contributed by atoms with Crippen molar-refractivity contribution in [2.75, 3.05) is 7.11 Å². The predicted octanol–water partition coefficient (Wildman–Crippen LogP) is -0.0390. The largest absolute Gasteiger partial charge is 0.476 e. The van der Waals surface area contributed by atoms with Gasteiger partial charge in [0.1, 0.15) is 0 Å². The number of carboxylic acid groups (broad SMARTS) is 1. The highest BCUT2D eigenvalue weighted by Crippen LogP contribution is 2.08. The first-order valence-electron chi connectivity index (χ1n) is 5.12. The standard InChI is InChI=1S/C10H11N5O3/c1-18-6-8-9(10(16)17)13-14-15(8)5-7-4-11-2-3-12-7/h2-4H,5-6H2,1H3,(H,16,17). The van der Waals surface area contributed by atoms with Crippen molar-refractivity contribution >= 4 is 5.97 Å². The summed E-state index contributed by atoms with van der Waals surface area (Å²) in [4.78, 5) is 19.0. The highest BCUT2D eigenvalue weighted by molar-refractivity contribution is 5.86. The van der Waals surface area contributed by atoms with E-state index in [2.05, 4.69) is 20.3 Å². The molecule has 0 amide bonds. The van der Waals surface area contributed by atoms with Crippen LogP contribution in [-0.2, 0) is 17.9 Å². The summed E-state index contributed by atoms with van der Waals surface area (Å²) in [5.41, 5.74) is 0.952. The maximum absolute atomic E-state index is 11.0. The zero-order valence-electron chi connectivity index (χ0n) is 9.65. The Labute approximate surface area is 102 Å². The van der Waals surface area contributed by atoms with E-state index in [-0.39, 0.29) is 12.3 Å². The fraction of sp³-hybridized carbons (Fsp3) is 0.300. The van der Waals surface area contributed by atoms with Crippen LogP contribution >= 0.6 is 0 Å². The Morgan fingerprint density at radius 2 is 2.33 bits per heavy atom. The fourth-order valence-corrected chi connectivity index (χ4v) is 1.47. The summed E-state index contributed by atoms with van der Waals surface area (Å²) in [5.74, 6) is -1.13. The lowest BCUT2D eigenvalue weighted by Crippen LogP contribution is -2.11. The third-order valence-electron chi connectivity index (χ3n) is 2.25. The third kappa shape index (κ3) is 2.48. The number of rotatable bonds is 5. The Kier molecular flexibility index (Phi) is 3.58. The van der Waals surface area contributed by atoms with E-state index < -0.39 is 5.97 Å². The van der Waals surface area contributed by atoms with Gasteiger partial charge in [0.15, 0.2) is 5.69 Å². The third-order valence-corrected chi connectivity index (χ3v) is 2.25. The van der Waals surface area contributed by atoms with E-state index in [0.717, 1.165) is 0 Å². The fourth-order valence-electron chi connectivity index (χ4n) is 1.47. The predicted molar refractivity (Wildman–Crippen MR) is 58.8 cm³/mol. The molecule has 0 unspecified atom stereocenters. The Hall–Kier alpha value is -2.35. The molecule has 0 radical (unpaired) electrons. The van der Waals surface area contributed by atoms with Crippen LogP contribution in [0.5, 0.6) is 0 Å². The highest BCUT2D eigenvalue weighted by atomic mass is 16.5. The van der Waals surface area contributed by atoms with Crippen molar-refractivity contribution in [3.05, 3.63) is 35.7 Å². The van der Waals surface area contributed by atoms with E-state index in [4.69, 9.17) is 9.84 Å². The molecule has 1 N–H and O–H groups in total. The number of aromatic carboxylic acids is 1. The minimum atomic E-state index is -1.13. The van der Waals surface area contributed by atoms with Gasteiger partial charge in [0, 0.05) is 19.5 Å². The van der Waals surface area contributed by atoms with Crippen molar-refractivity contribution in [2.45, 2.75) is 13.2 Å². The first kappa shape index (κ1) is 12.1. The van der Waals surface area contributed by atoms with Crippen LogP contribution in [-0.4, -0.2) is 43.1 Å². The monoisotopic (exact) mass is 249 g/mol. The number of hydrogen-bond donors (Lipinski definition) is 1. The summed E-state index contributed by atoms with van der Waals surface area (Å²) in [7, 11) is 1.48. The molecule has 2 rings (SSSR count). The van der Waals surface area contributed by atoms with E-state index >= 15 is 0 Å². The minimum Gasteiger partial charge on any atom is -0.476 e. The first-order valence-corrected chi connectivity index (χ1v) is 5.12. The van der Waals surface area contributed by atoms with Crippen LogP contribution in [0.3, 0.4) is 0 Å². The van der Waals surface area contributed by atoms with Crippen molar-refractivity contribution in [1.82, 2.24) is 25.0 Å². The summed E-state index contributed by atoms with van der Waals surface area (Å²) >= 11 is 0. The second-order valence-electron chi connectivity index (χ2n) is 3.48. The summed E-state index contributed by atoms with van der Waals surface area (Å²) in [6.45, 7) is 0.418. The van der Waals surface area contributed by atoms with E-state index in [1.165, 1.54) is 11.8 Å². The molecule has 0 aliphatic heterocycles. The normalized spacial score (nSPS) is 10.5. The molecule has 94 valence electrons. The number of ether oxygens (including phenoxy) is 1. The number of methoxy groups -OCH3 is 1. The van der Waals surface area contributed by atoms with Gasteiger partial charge in [-0.2, -0.15) is 0 Å². The molecular weight excluding hydrogens is 238 g/mol. The van der Waals surface area contributed by atoms with Crippen LogP contribution in [0, 0.1) is 0 Å². The topological polar surface area (TPSA) is 103 Å². The number of carboxylic acids is 1. The molecule has 0 atom stereocenters. The lowest BCUT2D eigenvalue weighted by atomic mass is 10.3. The van der Waals surface area contributed by atoms with Crippen molar-refractivity contribution < 1.29 is 14.6 Å². The van der Waals surface area contributed by atoms with Gasteiger partial charge in [-0.1, -0.05) is 5.21 Å². The maximum atomic E-state index is 11.0. The van der Waals surface area contributed by atoms with Crippen molar-refractivity contribution in [3.63, 3.8) is 0 Å². The number of hydrogen-bond acceptors (Lipinski definition) is 6. The molecule has 0 aliphatic rings. The second-order valence-corrected chi connectivity index (χ2v) is 3.48. The lowest BCUT2D eigenvalue weighted by Gasteiger charge is -2.05. The number of carbonyl (C=O) groups is 1. The molecule has 0 aliphatic carbocycles. The zero-order chi connectivity index (χ0) is 13.0. The van der Waals surface area contributed by atoms with Gasteiger partial charge < -0.3 is 9.84 Å². The molecule has 0 saturated carbocycles. The van der Waals surface area contributed by atoms with Crippen LogP contribution in [0.25, 0.3) is 0 Å². The molecule has 8 heteroatoms. The van der Waals surface area contributed by atoms with E-state index in [0.29, 0.717) is 17.9 Å². The van der Waals surface area contributed by atoms with Crippen LogP contribution in [0.15, 0.2) is 18.6 Å². The SMILES string of the molecule is COCc1c(C(=O)O)nnn1Cc1cnccn1. The van der Waals surface area contributed by atoms with E-state index in [1.54, 1.807) is 18.6 Å². The number of nitrogens with zero attached hydrogens (tertiary/aromatic N) is 5. The van der Waals surface area contributed by atoms with Crippen molar-refractivity contribution in [2.24, 2.45) is 0 Å². The van der Waals surface area contributed by atoms with Gasteiger partial charge in [0.05, 0.1) is 30.7 Å². The average Bonchev–Trinajstić information content (AvgIpc) is 2.74. The smallest absolute Gasteiger partial charge is 0.358 e. The molecule has 2 heterocycles. The van der Waals surface area contributed by atoms with Crippen LogP contribution < -0.4 is 0 Å². The van der Waals surface area contributed by atoms with Gasteiger partial charge in [0.25, 0.3) is 0 Å². The second kappa shape index (κ2) is 5.32. The molecule has 8 nitrogen and oxygen atoms in total. The molecular formula is C10H11N5O3.